The highest BCUT2D eigenvalue weighted by atomic mass is 16.1. The summed E-state index contributed by atoms with van der Waals surface area (Å²) >= 11 is 0. The number of nitrogens with two attached hydrogens (primary N) is 1. The molecule has 0 saturated carbocycles. The first-order valence-corrected chi connectivity index (χ1v) is 12.0. The van der Waals surface area contributed by atoms with E-state index in [0.29, 0.717) is 18.9 Å². The van der Waals surface area contributed by atoms with Crippen LogP contribution in [0.3, 0.4) is 0 Å². The summed E-state index contributed by atoms with van der Waals surface area (Å²) in [6.07, 6.45) is 8.50. The molecule has 0 radical (unpaired) electrons. The minimum Gasteiger partial charge on any atom is -0.328 e. The first-order chi connectivity index (χ1) is 16.6. The molecule has 2 aromatic heterocycles. The number of benzene rings is 2. The average Bonchev–Trinajstić information content (AvgIpc) is 2.86. The molecule has 1 saturated heterocycles. The number of likely N-dealkylation sites (tertiary alicyclic amines) is 1. The van der Waals surface area contributed by atoms with Gasteiger partial charge in [0.25, 0.3) is 0 Å². The molecule has 0 spiro atoms. The molecule has 5 nitrogen and oxygen atoms in total. The van der Waals surface area contributed by atoms with Gasteiger partial charge in [-0.2, -0.15) is 0 Å². The van der Waals surface area contributed by atoms with Gasteiger partial charge in [-0.1, -0.05) is 42.5 Å². The Bertz CT molecular complexity index is 1260. The molecule has 0 atom stereocenters. The van der Waals surface area contributed by atoms with E-state index in [9.17, 15) is 4.79 Å². The van der Waals surface area contributed by atoms with Crippen LogP contribution < -0.4 is 5.73 Å². The largest absolute Gasteiger partial charge is 0.328 e. The zero-order valence-electron chi connectivity index (χ0n) is 19.4. The van der Waals surface area contributed by atoms with Gasteiger partial charge in [-0.3, -0.25) is 19.7 Å². The average molecular weight is 451 g/mol. The van der Waals surface area contributed by atoms with Crippen LogP contribution in [0.25, 0.3) is 21.9 Å². The van der Waals surface area contributed by atoms with Crippen molar-refractivity contribution in [1.82, 2.24) is 14.9 Å². The number of ketones is 1. The maximum Gasteiger partial charge on any atom is 0.143 e. The van der Waals surface area contributed by atoms with Gasteiger partial charge in [0.15, 0.2) is 0 Å². The number of carbonyl (C=O) groups is 1. The normalized spacial score (nSPS) is 15.0. The molecular weight excluding hydrogens is 420 g/mol. The maximum atomic E-state index is 12.5. The number of fused-ring (bicyclic) bond motifs is 1. The fourth-order valence-electron chi connectivity index (χ4n) is 4.71. The molecule has 2 N–H and O–H groups in total. The van der Waals surface area contributed by atoms with Crippen molar-refractivity contribution in [3.8, 4) is 11.1 Å². The lowest BCUT2D eigenvalue weighted by Gasteiger charge is -2.30. The number of carbonyl (C=O) groups excluding carboxylic acids is 1. The topological polar surface area (TPSA) is 72.1 Å². The number of Topliss-reactive ketones (excluding diaryl/α,β-unsaturated/α-hetero) is 1. The lowest BCUT2D eigenvalue weighted by atomic mass is 9.97. The van der Waals surface area contributed by atoms with Crippen molar-refractivity contribution >= 4 is 16.6 Å². The number of hydrogen-bond donors (Lipinski definition) is 1. The van der Waals surface area contributed by atoms with E-state index in [4.69, 9.17) is 5.73 Å². The molecule has 1 aliphatic heterocycles. The Morgan fingerprint density at radius 3 is 2.50 bits per heavy atom. The first kappa shape index (κ1) is 22.4. The van der Waals surface area contributed by atoms with Crippen LogP contribution in [0.1, 0.15) is 29.7 Å². The Hall–Kier alpha value is -3.41. The number of piperidine rings is 1. The summed E-state index contributed by atoms with van der Waals surface area (Å²) in [6, 6.07) is 21.0. The third-order valence-electron chi connectivity index (χ3n) is 6.63. The third-order valence-corrected chi connectivity index (χ3v) is 6.63. The molecule has 172 valence electrons. The van der Waals surface area contributed by atoms with E-state index in [2.05, 4.69) is 45.2 Å². The second kappa shape index (κ2) is 10.2. The van der Waals surface area contributed by atoms with Crippen molar-refractivity contribution < 1.29 is 4.79 Å². The van der Waals surface area contributed by atoms with E-state index in [1.807, 2.05) is 42.7 Å². The molecule has 0 unspecified atom stereocenters. The Morgan fingerprint density at radius 2 is 1.74 bits per heavy atom. The van der Waals surface area contributed by atoms with Crippen LogP contribution in [0.2, 0.25) is 0 Å². The van der Waals surface area contributed by atoms with Gasteiger partial charge in [0.05, 0.1) is 0 Å². The molecular formula is C29H30N4O. The van der Waals surface area contributed by atoms with E-state index in [0.717, 1.165) is 60.2 Å². The van der Waals surface area contributed by atoms with E-state index in [1.54, 1.807) is 6.20 Å². The fourth-order valence-corrected chi connectivity index (χ4v) is 4.71. The first-order valence-electron chi connectivity index (χ1n) is 12.0. The second-order valence-electron chi connectivity index (χ2n) is 9.27. The number of pyridine rings is 2. The van der Waals surface area contributed by atoms with Crippen LogP contribution in [0.15, 0.2) is 79.3 Å². The van der Waals surface area contributed by atoms with Crippen LogP contribution in [-0.4, -0.2) is 39.8 Å². The van der Waals surface area contributed by atoms with Gasteiger partial charge in [-0.25, -0.2) is 0 Å². The predicted molar refractivity (Wildman–Crippen MR) is 136 cm³/mol. The van der Waals surface area contributed by atoms with Gasteiger partial charge in [0.1, 0.15) is 5.78 Å². The van der Waals surface area contributed by atoms with Gasteiger partial charge in [-0.05, 0) is 66.2 Å². The summed E-state index contributed by atoms with van der Waals surface area (Å²) < 4.78 is 0. The highest BCUT2D eigenvalue weighted by Gasteiger charge is 2.16. The van der Waals surface area contributed by atoms with Gasteiger partial charge in [-0.15, -0.1) is 0 Å². The van der Waals surface area contributed by atoms with Gasteiger partial charge in [0.2, 0.25) is 0 Å². The summed E-state index contributed by atoms with van der Waals surface area (Å²) in [5, 5.41) is 2.34. The van der Waals surface area contributed by atoms with Crippen molar-refractivity contribution in [2.75, 3.05) is 13.1 Å². The zero-order chi connectivity index (χ0) is 23.3. The van der Waals surface area contributed by atoms with Crippen LogP contribution in [-0.2, 0) is 24.2 Å². The molecule has 34 heavy (non-hydrogen) atoms. The Morgan fingerprint density at radius 1 is 0.941 bits per heavy atom. The number of hydrogen-bond acceptors (Lipinski definition) is 5. The predicted octanol–water partition coefficient (Wildman–Crippen LogP) is 4.57. The van der Waals surface area contributed by atoms with Crippen molar-refractivity contribution in [3.05, 3.63) is 96.1 Å². The van der Waals surface area contributed by atoms with Gasteiger partial charge < -0.3 is 5.73 Å². The molecule has 0 amide bonds. The smallest absolute Gasteiger partial charge is 0.143 e. The van der Waals surface area contributed by atoms with Gasteiger partial charge in [0, 0.05) is 60.7 Å². The number of aromatic nitrogens is 2. The molecule has 0 bridgehead atoms. The molecule has 2 aromatic carbocycles. The summed E-state index contributed by atoms with van der Waals surface area (Å²) in [6.45, 7) is 3.06. The molecule has 1 aliphatic rings. The van der Waals surface area contributed by atoms with E-state index in [1.165, 1.54) is 10.9 Å². The van der Waals surface area contributed by atoms with E-state index in [-0.39, 0.29) is 5.78 Å². The highest BCUT2D eigenvalue weighted by Crippen LogP contribution is 2.29. The minimum absolute atomic E-state index is 0.168. The second-order valence-corrected chi connectivity index (χ2v) is 9.27. The van der Waals surface area contributed by atoms with Crippen LogP contribution >= 0.6 is 0 Å². The minimum atomic E-state index is 0.168. The number of nitrogens with zero attached hydrogens (tertiary/aromatic N) is 3. The van der Waals surface area contributed by atoms with Crippen LogP contribution in [0.5, 0.6) is 0 Å². The van der Waals surface area contributed by atoms with Crippen molar-refractivity contribution in [3.63, 3.8) is 0 Å². The monoisotopic (exact) mass is 450 g/mol. The zero-order valence-corrected chi connectivity index (χ0v) is 19.4. The summed E-state index contributed by atoms with van der Waals surface area (Å²) in [4.78, 5) is 23.7. The van der Waals surface area contributed by atoms with Crippen LogP contribution in [0.4, 0.5) is 0 Å². The van der Waals surface area contributed by atoms with Crippen molar-refractivity contribution in [2.24, 2.45) is 5.73 Å². The molecule has 1 fully saturated rings. The molecule has 5 heteroatoms. The summed E-state index contributed by atoms with van der Waals surface area (Å²) in [7, 11) is 0. The Labute approximate surface area is 200 Å². The van der Waals surface area contributed by atoms with E-state index < -0.39 is 0 Å². The standard InChI is InChI=1S/C29H30N4O/c30-25-10-13-33(14-11-25)20-22-6-9-24-18-31-19-29(28(24)16-22)23-7-4-21(5-8-23)15-27(34)17-26-3-1-2-12-32-26/h1-9,12,16,18-19,25H,10-11,13-15,17,20,30H2. The quantitative estimate of drug-likeness (QED) is 0.446. The lowest BCUT2D eigenvalue weighted by Crippen LogP contribution is -2.39. The summed E-state index contributed by atoms with van der Waals surface area (Å²) in [5.74, 6) is 0.168. The SMILES string of the molecule is NC1CCN(Cc2ccc3cncc(-c4ccc(CC(=O)Cc5ccccn5)cc4)c3c2)CC1. The lowest BCUT2D eigenvalue weighted by molar-refractivity contribution is -0.117. The van der Waals surface area contributed by atoms with Crippen LogP contribution in [0, 0.1) is 0 Å². The Kier molecular flexibility index (Phi) is 6.74. The molecule has 0 aliphatic carbocycles. The van der Waals surface area contributed by atoms with Gasteiger partial charge >= 0.3 is 0 Å². The van der Waals surface area contributed by atoms with E-state index >= 15 is 0 Å². The Balaban J connectivity index is 1.32. The molecule has 5 rings (SSSR count). The maximum absolute atomic E-state index is 12.5. The number of rotatable bonds is 7. The molecule has 3 heterocycles. The third kappa shape index (κ3) is 5.38. The highest BCUT2D eigenvalue weighted by molar-refractivity contribution is 5.96. The van der Waals surface area contributed by atoms with Crippen molar-refractivity contribution in [2.45, 2.75) is 38.3 Å². The fraction of sp³-hybridized carbons (Fsp3) is 0.276. The molecule has 4 aromatic rings. The summed E-state index contributed by atoms with van der Waals surface area (Å²) in [5.41, 5.74) is 11.4. The van der Waals surface area contributed by atoms with Crippen molar-refractivity contribution in [1.29, 1.82) is 0 Å².